The summed E-state index contributed by atoms with van der Waals surface area (Å²) in [4.78, 5) is 0. The highest BCUT2D eigenvalue weighted by atomic mass is 35.5. The Morgan fingerprint density at radius 3 is 3.14 bits per heavy atom. The molecule has 3 nitrogen and oxygen atoms in total. The second-order valence-corrected chi connectivity index (χ2v) is 4.10. The van der Waals surface area contributed by atoms with Gasteiger partial charge in [-0.1, -0.05) is 11.6 Å². The van der Waals surface area contributed by atoms with Crippen LogP contribution in [0.2, 0.25) is 5.02 Å². The Hall–Kier alpha value is -1.22. The molecule has 0 spiro atoms. The largest absolute Gasteiger partial charge is 0.398 e. The van der Waals surface area contributed by atoms with E-state index in [0.29, 0.717) is 5.02 Å². The van der Waals surface area contributed by atoms with Crippen LogP contribution in [-0.2, 0) is 13.0 Å². The third-order valence-electron chi connectivity index (χ3n) is 2.72. The van der Waals surface area contributed by atoms with Gasteiger partial charge >= 0.3 is 0 Å². The van der Waals surface area contributed by atoms with Crippen LogP contribution < -0.4 is 5.73 Å². The molecule has 4 heteroatoms. The summed E-state index contributed by atoms with van der Waals surface area (Å²) < 4.78 is 2.04. The number of rotatable bonds is 0. The Labute approximate surface area is 86.5 Å². The summed E-state index contributed by atoms with van der Waals surface area (Å²) in [6, 6.07) is 3.67. The predicted octanol–water partition coefficient (Wildman–Crippen LogP) is 2.22. The number of halogens is 1. The second kappa shape index (κ2) is 2.64. The van der Waals surface area contributed by atoms with Crippen molar-refractivity contribution in [3.63, 3.8) is 0 Å². The number of nitrogens with two attached hydrogens (primary N) is 1. The van der Waals surface area contributed by atoms with Gasteiger partial charge in [0.25, 0.3) is 0 Å². The minimum atomic E-state index is 0.659. The molecular formula is C10H10ClN3. The highest BCUT2D eigenvalue weighted by Gasteiger charge is 2.18. The first-order valence-electron chi connectivity index (χ1n) is 4.70. The zero-order chi connectivity index (χ0) is 9.71. The summed E-state index contributed by atoms with van der Waals surface area (Å²) in [7, 11) is 0. The maximum absolute atomic E-state index is 5.94. The Morgan fingerprint density at radius 1 is 1.43 bits per heavy atom. The van der Waals surface area contributed by atoms with Crippen LogP contribution >= 0.6 is 11.6 Å². The third kappa shape index (κ3) is 0.960. The number of anilines is 1. The first-order chi connectivity index (χ1) is 6.75. The first kappa shape index (κ1) is 8.12. The minimum Gasteiger partial charge on any atom is -0.398 e. The van der Waals surface area contributed by atoms with E-state index in [4.69, 9.17) is 17.3 Å². The van der Waals surface area contributed by atoms with E-state index >= 15 is 0 Å². The number of aryl methyl sites for hydroxylation is 2. The molecule has 0 saturated heterocycles. The van der Waals surface area contributed by atoms with Gasteiger partial charge in [0.2, 0.25) is 0 Å². The van der Waals surface area contributed by atoms with Crippen molar-refractivity contribution in [3.05, 3.63) is 22.8 Å². The van der Waals surface area contributed by atoms with Crippen LogP contribution in [0.4, 0.5) is 5.69 Å². The van der Waals surface area contributed by atoms with Gasteiger partial charge in [-0.05, 0) is 25.0 Å². The topological polar surface area (TPSA) is 43.8 Å². The molecular weight excluding hydrogens is 198 g/mol. The van der Waals surface area contributed by atoms with Crippen molar-refractivity contribution in [2.75, 3.05) is 5.73 Å². The molecule has 0 fully saturated rings. The van der Waals surface area contributed by atoms with Gasteiger partial charge in [-0.25, -0.2) is 0 Å². The normalized spacial score (nSPS) is 14.9. The molecule has 0 unspecified atom stereocenters. The van der Waals surface area contributed by atoms with Crippen molar-refractivity contribution < 1.29 is 0 Å². The highest BCUT2D eigenvalue weighted by Crippen LogP contribution is 2.31. The summed E-state index contributed by atoms with van der Waals surface area (Å²) in [5.74, 6) is 0. The van der Waals surface area contributed by atoms with Crippen LogP contribution in [0.1, 0.15) is 12.1 Å². The first-order valence-corrected chi connectivity index (χ1v) is 5.08. The van der Waals surface area contributed by atoms with Crippen LogP contribution in [0.3, 0.4) is 0 Å². The summed E-state index contributed by atoms with van der Waals surface area (Å²) in [5, 5.41) is 6.22. The molecule has 72 valence electrons. The standard InChI is InChI=1S/C10H10ClN3/c11-6-4-7(12)10-8(5-6)13-14-3-1-2-9(10)14/h4-5H,1-3,12H2. The van der Waals surface area contributed by atoms with Crippen molar-refractivity contribution in [1.29, 1.82) is 0 Å². The zero-order valence-corrected chi connectivity index (χ0v) is 8.38. The molecule has 2 N–H and O–H groups in total. The van der Waals surface area contributed by atoms with E-state index in [9.17, 15) is 0 Å². The maximum Gasteiger partial charge on any atom is 0.0961 e. The number of benzene rings is 1. The molecule has 1 aliphatic rings. The van der Waals surface area contributed by atoms with E-state index < -0.39 is 0 Å². The average Bonchev–Trinajstić information content (AvgIpc) is 2.60. The molecule has 2 aromatic rings. The van der Waals surface area contributed by atoms with Gasteiger partial charge in [0, 0.05) is 28.3 Å². The van der Waals surface area contributed by atoms with Crippen LogP contribution in [0.15, 0.2) is 12.1 Å². The molecule has 0 amide bonds. The number of nitrogens with zero attached hydrogens (tertiary/aromatic N) is 2. The van der Waals surface area contributed by atoms with E-state index in [1.807, 2.05) is 10.7 Å². The quantitative estimate of drug-likeness (QED) is 0.674. The number of hydrogen-bond acceptors (Lipinski definition) is 2. The molecule has 2 heterocycles. The van der Waals surface area contributed by atoms with Crippen molar-refractivity contribution in [2.24, 2.45) is 0 Å². The Morgan fingerprint density at radius 2 is 2.29 bits per heavy atom. The second-order valence-electron chi connectivity index (χ2n) is 3.66. The molecule has 1 aromatic carbocycles. The fraction of sp³-hybridized carbons (Fsp3) is 0.300. The van der Waals surface area contributed by atoms with Gasteiger partial charge in [-0.15, -0.1) is 0 Å². The summed E-state index contributed by atoms with van der Waals surface area (Å²) in [6.07, 6.45) is 2.24. The smallest absolute Gasteiger partial charge is 0.0961 e. The predicted molar refractivity (Wildman–Crippen MR) is 57.5 cm³/mol. The molecule has 0 aliphatic carbocycles. The fourth-order valence-electron chi connectivity index (χ4n) is 2.16. The molecule has 1 aromatic heterocycles. The number of fused-ring (bicyclic) bond motifs is 3. The van der Waals surface area contributed by atoms with Crippen molar-refractivity contribution in [3.8, 4) is 0 Å². The molecule has 14 heavy (non-hydrogen) atoms. The van der Waals surface area contributed by atoms with Crippen molar-refractivity contribution in [1.82, 2.24) is 9.78 Å². The Balaban J connectivity index is 2.43. The van der Waals surface area contributed by atoms with Crippen LogP contribution in [0.5, 0.6) is 0 Å². The highest BCUT2D eigenvalue weighted by molar-refractivity contribution is 6.31. The molecule has 1 aliphatic heterocycles. The third-order valence-corrected chi connectivity index (χ3v) is 2.94. The molecule has 0 atom stereocenters. The van der Waals surface area contributed by atoms with Crippen LogP contribution in [0.25, 0.3) is 10.9 Å². The fourth-order valence-corrected chi connectivity index (χ4v) is 2.38. The summed E-state index contributed by atoms with van der Waals surface area (Å²) in [5.41, 5.74) is 8.86. The SMILES string of the molecule is Nc1cc(Cl)cc2nn3c(c12)CCC3. The molecule has 0 radical (unpaired) electrons. The van der Waals surface area contributed by atoms with Gasteiger partial charge in [-0.2, -0.15) is 5.10 Å². The molecule has 0 saturated carbocycles. The van der Waals surface area contributed by atoms with E-state index in [0.717, 1.165) is 29.6 Å². The molecule has 3 rings (SSSR count). The molecule has 0 bridgehead atoms. The summed E-state index contributed by atoms with van der Waals surface area (Å²) in [6.45, 7) is 1.00. The Bertz CT molecular complexity index is 516. The average molecular weight is 208 g/mol. The Kier molecular flexibility index (Phi) is 1.53. The number of aromatic nitrogens is 2. The van der Waals surface area contributed by atoms with E-state index in [1.165, 1.54) is 12.1 Å². The van der Waals surface area contributed by atoms with Gasteiger partial charge in [0.1, 0.15) is 0 Å². The van der Waals surface area contributed by atoms with Gasteiger partial charge in [0.15, 0.2) is 0 Å². The van der Waals surface area contributed by atoms with E-state index in [1.54, 1.807) is 6.07 Å². The van der Waals surface area contributed by atoms with E-state index in [2.05, 4.69) is 5.10 Å². The van der Waals surface area contributed by atoms with Gasteiger partial charge in [-0.3, -0.25) is 4.68 Å². The van der Waals surface area contributed by atoms with Crippen LogP contribution in [-0.4, -0.2) is 9.78 Å². The van der Waals surface area contributed by atoms with Gasteiger partial charge < -0.3 is 5.73 Å². The lowest BCUT2D eigenvalue weighted by molar-refractivity contribution is 0.664. The van der Waals surface area contributed by atoms with Crippen LogP contribution in [0, 0.1) is 0 Å². The van der Waals surface area contributed by atoms with Gasteiger partial charge in [0.05, 0.1) is 5.52 Å². The number of hydrogen-bond donors (Lipinski definition) is 1. The van der Waals surface area contributed by atoms with E-state index in [-0.39, 0.29) is 0 Å². The lowest BCUT2D eigenvalue weighted by atomic mass is 10.1. The number of nitrogen functional groups attached to an aromatic ring is 1. The maximum atomic E-state index is 5.94. The monoisotopic (exact) mass is 207 g/mol. The van der Waals surface area contributed by atoms with Crippen molar-refractivity contribution in [2.45, 2.75) is 19.4 Å². The lowest BCUT2D eigenvalue weighted by Crippen LogP contribution is -1.93. The van der Waals surface area contributed by atoms with Crippen molar-refractivity contribution >= 4 is 28.2 Å². The lowest BCUT2D eigenvalue weighted by Gasteiger charge is -1.98. The summed E-state index contributed by atoms with van der Waals surface area (Å²) >= 11 is 5.92. The minimum absolute atomic E-state index is 0.659. The zero-order valence-electron chi connectivity index (χ0n) is 7.63.